The molecule has 2 saturated heterocycles. The van der Waals surface area contributed by atoms with Gasteiger partial charge in [0.2, 0.25) is 0 Å². The van der Waals surface area contributed by atoms with Crippen LogP contribution in [0.5, 0.6) is 0 Å². The van der Waals surface area contributed by atoms with Gasteiger partial charge < -0.3 is 18.9 Å². The summed E-state index contributed by atoms with van der Waals surface area (Å²) in [5, 5.41) is 0. The van der Waals surface area contributed by atoms with Gasteiger partial charge in [-0.1, -0.05) is 6.92 Å². The van der Waals surface area contributed by atoms with Crippen molar-refractivity contribution in [2.24, 2.45) is 5.41 Å². The van der Waals surface area contributed by atoms with Gasteiger partial charge in [-0.25, -0.2) is 0 Å². The Morgan fingerprint density at radius 3 is 1.81 bits per heavy atom. The molecule has 2 aliphatic heterocycles. The molecule has 0 bridgehead atoms. The van der Waals surface area contributed by atoms with Crippen molar-refractivity contribution in [3.63, 3.8) is 0 Å². The van der Waals surface area contributed by atoms with Gasteiger partial charge in [-0.3, -0.25) is 14.5 Å². The lowest BCUT2D eigenvalue weighted by molar-refractivity contribution is -0.343. The van der Waals surface area contributed by atoms with Crippen LogP contribution in [0.15, 0.2) is 0 Å². The second kappa shape index (κ2) is 7.68. The number of rotatable bonds is 5. The van der Waals surface area contributed by atoms with Crippen LogP contribution in [0.3, 0.4) is 0 Å². The van der Waals surface area contributed by atoms with E-state index in [2.05, 4.69) is 32.6 Å². The van der Waals surface area contributed by atoms with Gasteiger partial charge in [0.15, 0.2) is 5.79 Å². The summed E-state index contributed by atoms with van der Waals surface area (Å²) in [5.74, 6) is -1.20. The highest BCUT2D eigenvalue weighted by Crippen LogP contribution is 2.48. The van der Waals surface area contributed by atoms with E-state index in [1.54, 1.807) is 0 Å². The van der Waals surface area contributed by atoms with Crippen LogP contribution >= 0.6 is 0 Å². The number of hydrogen-bond donors (Lipinski definition) is 0. The zero-order valence-electron chi connectivity index (χ0n) is 17.8. The lowest BCUT2D eigenvalue weighted by Gasteiger charge is -2.60. The molecule has 0 aromatic carbocycles. The average Bonchev–Trinajstić information content (AvgIpc) is 2.51. The Morgan fingerprint density at radius 1 is 0.889 bits per heavy atom. The molecule has 0 aromatic heterocycles. The Kier molecular flexibility index (Phi) is 6.29. The van der Waals surface area contributed by atoms with Gasteiger partial charge >= 0.3 is 11.9 Å². The standard InChI is InChI=1S/C20H35NO6/c1-15(22)24-9-8-21-17(3,4)10-20(11-18(21,5)6)26-13-19(7,14-27-20)12-25-16(2)23/h8-14H2,1-7H3. The van der Waals surface area contributed by atoms with Crippen molar-refractivity contribution in [1.82, 2.24) is 4.90 Å². The van der Waals surface area contributed by atoms with Crippen LogP contribution < -0.4 is 0 Å². The van der Waals surface area contributed by atoms with E-state index in [9.17, 15) is 9.59 Å². The second-order valence-electron chi connectivity index (χ2n) is 9.55. The number of piperidine rings is 1. The Labute approximate surface area is 162 Å². The van der Waals surface area contributed by atoms with Crippen LogP contribution in [0.2, 0.25) is 0 Å². The molecule has 0 radical (unpaired) electrons. The molecule has 1 spiro atoms. The van der Waals surface area contributed by atoms with Gasteiger partial charge in [-0.15, -0.1) is 0 Å². The predicted octanol–water partition coefficient (Wildman–Crippen LogP) is 2.52. The fourth-order valence-corrected chi connectivity index (χ4v) is 4.54. The van der Waals surface area contributed by atoms with Gasteiger partial charge in [0.25, 0.3) is 0 Å². The maximum Gasteiger partial charge on any atom is 0.302 e. The minimum absolute atomic E-state index is 0.189. The van der Waals surface area contributed by atoms with E-state index in [0.29, 0.717) is 45.8 Å². The number of esters is 2. The van der Waals surface area contributed by atoms with E-state index in [4.69, 9.17) is 18.9 Å². The van der Waals surface area contributed by atoms with Crippen LogP contribution in [0.1, 0.15) is 61.3 Å². The first-order valence-electron chi connectivity index (χ1n) is 9.62. The Bertz CT molecular complexity index is 543. The van der Waals surface area contributed by atoms with E-state index < -0.39 is 5.79 Å². The summed E-state index contributed by atoms with van der Waals surface area (Å²) < 4.78 is 22.9. The number of carbonyl (C=O) groups excluding carboxylic acids is 2. The maximum atomic E-state index is 11.1. The summed E-state index contributed by atoms with van der Waals surface area (Å²) in [5.41, 5.74) is -0.714. The van der Waals surface area contributed by atoms with E-state index in [-0.39, 0.29) is 28.4 Å². The average molecular weight is 386 g/mol. The third-order valence-electron chi connectivity index (χ3n) is 5.48. The van der Waals surface area contributed by atoms with Crippen LogP contribution in [-0.4, -0.2) is 66.7 Å². The molecule has 0 unspecified atom stereocenters. The first-order chi connectivity index (χ1) is 12.3. The first-order valence-corrected chi connectivity index (χ1v) is 9.62. The van der Waals surface area contributed by atoms with E-state index in [0.717, 1.165) is 0 Å². The van der Waals surface area contributed by atoms with Crippen LogP contribution in [0.25, 0.3) is 0 Å². The van der Waals surface area contributed by atoms with Crippen molar-refractivity contribution >= 4 is 11.9 Å². The summed E-state index contributed by atoms with van der Waals surface area (Å²) >= 11 is 0. The molecule has 156 valence electrons. The topological polar surface area (TPSA) is 74.3 Å². The molecule has 0 aromatic rings. The van der Waals surface area contributed by atoms with Crippen molar-refractivity contribution in [2.45, 2.75) is 78.2 Å². The van der Waals surface area contributed by atoms with Gasteiger partial charge in [0, 0.05) is 49.7 Å². The summed E-state index contributed by atoms with van der Waals surface area (Å²) in [6.45, 7) is 15.8. The SMILES string of the molecule is CC(=O)OCCN1C(C)(C)CC2(CC1(C)C)OCC(C)(COC(C)=O)CO2. The molecular weight excluding hydrogens is 350 g/mol. The van der Waals surface area contributed by atoms with Crippen molar-refractivity contribution < 1.29 is 28.5 Å². The maximum absolute atomic E-state index is 11.1. The molecule has 0 N–H and O–H groups in total. The quantitative estimate of drug-likeness (QED) is 0.673. The van der Waals surface area contributed by atoms with Crippen LogP contribution in [-0.2, 0) is 28.5 Å². The van der Waals surface area contributed by atoms with E-state index in [1.165, 1.54) is 13.8 Å². The van der Waals surface area contributed by atoms with Gasteiger partial charge in [-0.2, -0.15) is 0 Å². The van der Waals surface area contributed by atoms with Gasteiger partial charge in [0.1, 0.15) is 13.2 Å². The fraction of sp³-hybridized carbons (Fsp3) is 0.900. The molecule has 2 heterocycles. The molecule has 27 heavy (non-hydrogen) atoms. The Hall–Kier alpha value is -1.18. The van der Waals surface area contributed by atoms with Crippen molar-refractivity contribution in [3.05, 3.63) is 0 Å². The van der Waals surface area contributed by atoms with E-state index >= 15 is 0 Å². The Morgan fingerprint density at radius 2 is 1.37 bits per heavy atom. The molecule has 2 fully saturated rings. The predicted molar refractivity (Wildman–Crippen MR) is 100 cm³/mol. The van der Waals surface area contributed by atoms with Crippen molar-refractivity contribution in [3.8, 4) is 0 Å². The summed E-state index contributed by atoms with van der Waals surface area (Å²) in [7, 11) is 0. The molecule has 0 saturated carbocycles. The van der Waals surface area contributed by atoms with Crippen molar-refractivity contribution in [1.29, 1.82) is 0 Å². The lowest BCUT2D eigenvalue weighted by Crippen LogP contribution is -2.68. The van der Waals surface area contributed by atoms with E-state index in [1.807, 2.05) is 6.92 Å². The number of nitrogens with zero attached hydrogens (tertiary/aromatic N) is 1. The van der Waals surface area contributed by atoms with Crippen LogP contribution in [0, 0.1) is 5.41 Å². The molecule has 0 aliphatic carbocycles. The number of ether oxygens (including phenoxy) is 4. The molecule has 2 rings (SSSR count). The lowest BCUT2D eigenvalue weighted by atomic mass is 9.75. The van der Waals surface area contributed by atoms with Gasteiger partial charge in [0.05, 0.1) is 13.2 Å². The molecular formula is C20H35NO6. The molecule has 7 nitrogen and oxygen atoms in total. The highest BCUT2D eigenvalue weighted by Gasteiger charge is 2.56. The summed E-state index contributed by atoms with van der Waals surface area (Å²) in [4.78, 5) is 24.6. The summed E-state index contributed by atoms with van der Waals surface area (Å²) in [6, 6.07) is 0. The van der Waals surface area contributed by atoms with Crippen LogP contribution in [0.4, 0.5) is 0 Å². The normalized spacial score (nSPS) is 25.7. The highest BCUT2D eigenvalue weighted by molar-refractivity contribution is 5.66. The molecule has 0 amide bonds. The minimum atomic E-state index is -0.652. The number of likely N-dealkylation sites (tertiary alicyclic amines) is 1. The third kappa shape index (κ3) is 5.42. The van der Waals surface area contributed by atoms with Gasteiger partial charge in [-0.05, 0) is 27.7 Å². The smallest absolute Gasteiger partial charge is 0.302 e. The molecule has 0 atom stereocenters. The largest absolute Gasteiger partial charge is 0.465 e. The zero-order valence-corrected chi connectivity index (χ0v) is 17.8. The zero-order chi connectivity index (χ0) is 20.5. The molecule has 2 aliphatic rings. The first kappa shape index (κ1) is 22.1. The minimum Gasteiger partial charge on any atom is -0.465 e. The highest BCUT2D eigenvalue weighted by atomic mass is 16.7. The van der Waals surface area contributed by atoms with Crippen molar-refractivity contribution in [2.75, 3.05) is 33.0 Å². The summed E-state index contributed by atoms with van der Waals surface area (Å²) in [6.07, 6.45) is 1.43. The third-order valence-corrected chi connectivity index (χ3v) is 5.48. The number of hydrogen-bond acceptors (Lipinski definition) is 7. The monoisotopic (exact) mass is 385 g/mol. The number of carbonyl (C=O) groups is 2. The molecule has 7 heteroatoms. The second-order valence-corrected chi connectivity index (χ2v) is 9.55. The Balaban J connectivity index is 2.05. The fourth-order valence-electron chi connectivity index (χ4n) is 4.54.